The smallest absolute Gasteiger partial charge is 0.287 e. The summed E-state index contributed by atoms with van der Waals surface area (Å²) in [6.45, 7) is 0.321. The molecule has 31 heavy (non-hydrogen) atoms. The van der Waals surface area contributed by atoms with Crippen molar-refractivity contribution in [2.45, 2.75) is 17.1 Å². The number of rotatable bonds is 9. The van der Waals surface area contributed by atoms with Crippen molar-refractivity contribution in [2.24, 2.45) is 0 Å². The fourth-order valence-corrected chi connectivity index (χ4v) is 4.10. The van der Waals surface area contributed by atoms with Crippen LogP contribution >= 0.6 is 0 Å². The molecule has 1 heterocycles. The van der Waals surface area contributed by atoms with Gasteiger partial charge < -0.3 is 15.1 Å². The van der Waals surface area contributed by atoms with Gasteiger partial charge in [-0.15, -0.1) is 0 Å². The Kier molecular flexibility index (Phi) is 7.19. The molecule has 0 aliphatic carbocycles. The van der Waals surface area contributed by atoms with Gasteiger partial charge in [0.2, 0.25) is 5.91 Å². The number of furan rings is 1. The number of hydrogen-bond acceptors (Lipinski definition) is 5. The number of hydrogen-bond donors (Lipinski definition) is 2. The summed E-state index contributed by atoms with van der Waals surface area (Å²) in [6, 6.07) is 16.6. The second-order valence-electron chi connectivity index (χ2n) is 6.75. The van der Waals surface area contributed by atoms with E-state index in [0.29, 0.717) is 5.56 Å². The lowest BCUT2D eigenvalue weighted by molar-refractivity contribution is -0.120. The molecule has 7 nitrogen and oxygen atoms in total. The summed E-state index contributed by atoms with van der Waals surface area (Å²) in [6.07, 6.45) is 0.0309. The van der Waals surface area contributed by atoms with Crippen LogP contribution in [0, 0.1) is 5.82 Å². The molecule has 1 aromatic heterocycles. The van der Waals surface area contributed by atoms with Gasteiger partial charge in [0.1, 0.15) is 17.3 Å². The first-order chi connectivity index (χ1) is 14.8. The number of nitrogens with one attached hydrogen (secondary N) is 2. The zero-order chi connectivity index (χ0) is 22.3. The molecule has 0 radical (unpaired) electrons. The topological polar surface area (TPSA) is 105 Å². The third kappa shape index (κ3) is 6.51. The van der Waals surface area contributed by atoms with Crippen molar-refractivity contribution in [2.75, 3.05) is 13.1 Å². The van der Waals surface area contributed by atoms with Crippen molar-refractivity contribution in [3.05, 3.63) is 89.6 Å². The van der Waals surface area contributed by atoms with Crippen molar-refractivity contribution >= 4 is 21.7 Å². The van der Waals surface area contributed by atoms with Gasteiger partial charge in [0, 0.05) is 13.1 Å². The van der Waals surface area contributed by atoms with Gasteiger partial charge in [-0.25, -0.2) is 12.8 Å². The number of carbonyl (C=O) groups is 2. The predicted molar refractivity (Wildman–Crippen MR) is 111 cm³/mol. The summed E-state index contributed by atoms with van der Waals surface area (Å²) < 4.78 is 43.3. The Labute approximate surface area is 179 Å². The van der Waals surface area contributed by atoms with E-state index < -0.39 is 21.6 Å². The number of carbonyl (C=O) groups excluding carboxylic acids is 2. The highest BCUT2D eigenvalue weighted by Gasteiger charge is 2.19. The van der Waals surface area contributed by atoms with Gasteiger partial charge >= 0.3 is 0 Å². The van der Waals surface area contributed by atoms with Crippen molar-refractivity contribution in [1.29, 1.82) is 0 Å². The number of amides is 2. The Bertz CT molecular complexity index is 1160. The Morgan fingerprint density at radius 3 is 2.39 bits per heavy atom. The molecule has 0 aliphatic heterocycles. The Morgan fingerprint density at radius 1 is 0.903 bits per heavy atom. The average molecular weight is 444 g/mol. The van der Waals surface area contributed by atoms with Gasteiger partial charge in [-0.1, -0.05) is 30.3 Å². The van der Waals surface area contributed by atoms with E-state index in [1.54, 1.807) is 24.3 Å². The van der Waals surface area contributed by atoms with E-state index in [2.05, 4.69) is 10.6 Å². The standard InChI is InChI=1S/C22H21FN2O5S/c23-17-6-4-5-16(13-17)14-21(26)24-11-12-25-22(27)20-10-9-18(30-20)15-31(28,29)19-7-2-1-3-8-19/h1-10,13H,11-12,14-15H2,(H,24,26)(H,25,27). The second kappa shape index (κ2) is 10.0. The molecule has 3 aromatic rings. The summed E-state index contributed by atoms with van der Waals surface area (Å²) in [7, 11) is -3.58. The van der Waals surface area contributed by atoms with Crippen LogP contribution in [0.15, 0.2) is 76.0 Å². The highest BCUT2D eigenvalue weighted by Crippen LogP contribution is 2.18. The minimum Gasteiger partial charge on any atom is -0.455 e. The number of halogens is 1. The van der Waals surface area contributed by atoms with Crippen molar-refractivity contribution in [3.63, 3.8) is 0 Å². The zero-order valence-electron chi connectivity index (χ0n) is 16.5. The molecule has 0 aliphatic rings. The first kappa shape index (κ1) is 22.2. The van der Waals surface area contributed by atoms with Gasteiger partial charge in [0.05, 0.1) is 11.3 Å². The van der Waals surface area contributed by atoms with Crippen LogP contribution in [0.5, 0.6) is 0 Å². The van der Waals surface area contributed by atoms with Crippen LogP contribution in [0.3, 0.4) is 0 Å². The SMILES string of the molecule is O=C(Cc1cccc(F)c1)NCCNC(=O)c1ccc(CS(=O)(=O)c2ccccc2)o1. The summed E-state index contributed by atoms with van der Waals surface area (Å²) >= 11 is 0. The molecule has 0 unspecified atom stereocenters. The van der Waals surface area contributed by atoms with Gasteiger partial charge in [0.15, 0.2) is 15.6 Å². The van der Waals surface area contributed by atoms with E-state index in [4.69, 9.17) is 4.42 Å². The molecule has 9 heteroatoms. The molecule has 2 aromatic carbocycles. The minimum absolute atomic E-state index is 0.0238. The maximum Gasteiger partial charge on any atom is 0.287 e. The molecular weight excluding hydrogens is 423 g/mol. The lowest BCUT2D eigenvalue weighted by Gasteiger charge is -2.06. The maximum atomic E-state index is 13.1. The van der Waals surface area contributed by atoms with Gasteiger partial charge in [-0.2, -0.15) is 0 Å². The van der Waals surface area contributed by atoms with E-state index in [-0.39, 0.29) is 47.6 Å². The normalized spacial score (nSPS) is 11.1. The predicted octanol–water partition coefficient (Wildman–Crippen LogP) is 2.48. The van der Waals surface area contributed by atoms with Crippen molar-refractivity contribution in [1.82, 2.24) is 10.6 Å². The van der Waals surface area contributed by atoms with Crippen LogP contribution in [-0.4, -0.2) is 33.3 Å². The lowest BCUT2D eigenvalue weighted by Crippen LogP contribution is -2.35. The van der Waals surface area contributed by atoms with E-state index in [1.807, 2.05) is 0 Å². The van der Waals surface area contributed by atoms with Crippen molar-refractivity contribution in [3.8, 4) is 0 Å². The molecule has 0 saturated carbocycles. The molecule has 2 amide bonds. The average Bonchev–Trinajstić information content (AvgIpc) is 3.19. The fourth-order valence-electron chi connectivity index (χ4n) is 2.84. The molecule has 0 spiro atoms. The largest absolute Gasteiger partial charge is 0.455 e. The van der Waals surface area contributed by atoms with Crippen LogP contribution in [0.25, 0.3) is 0 Å². The zero-order valence-corrected chi connectivity index (χ0v) is 17.3. The van der Waals surface area contributed by atoms with Crippen LogP contribution in [0.4, 0.5) is 4.39 Å². The molecule has 0 bridgehead atoms. The Balaban J connectivity index is 1.44. The third-order valence-electron chi connectivity index (χ3n) is 4.31. The van der Waals surface area contributed by atoms with E-state index >= 15 is 0 Å². The maximum absolute atomic E-state index is 13.1. The monoisotopic (exact) mass is 444 g/mol. The number of benzene rings is 2. The highest BCUT2D eigenvalue weighted by molar-refractivity contribution is 7.90. The molecule has 3 rings (SSSR count). The van der Waals surface area contributed by atoms with Crippen LogP contribution in [-0.2, 0) is 26.8 Å². The first-order valence-corrected chi connectivity index (χ1v) is 11.1. The molecule has 0 saturated heterocycles. The van der Waals surface area contributed by atoms with E-state index in [1.165, 1.54) is 42.5 Å². The molecular formula is C22H21FN2O5S. The molecule has 0 atom stereocenters. The summed E-state index contributed by atoms with van der Waals surface area (Å²) in [5.74, 6) is -1.47. The lowest BCUT2D eigenvalue weighted by atomic mass is 10.1. The van der Waals surface area contributed by atoms with Crippen LogP contribution in [0.1, 0.15) is 21.9 Å². The van der Waals surface area contributed by atoms with E-state index in [9.17, 15) is 22.4 Å². The molecule has 162 valence electrons. The Hall–Kier alpha value is -3.46. The first-order valence-electron chi connectivity index (χ1n) is 9.49. The molecule has 0 fully saturated rings. The Morgan fingerprint density at radius 2 is 1.65 bits per heavy atom. The van der Waals surface area contributed by atoms with Gasteiger partial charge in [-0.05, 0) is 42.0 Å². The highest BCUT2D eigenvalue weighted by atomic mass is 32.2. The summed E-state index contributed by atoms with van der Waals surface area (Å²) in [5, 5.41) is 5.20. The minimum atomic E-state index is -3.58. The quantitative estimate of drug-likeness (QED) is 0.494. The van der Waals surface area contributed by atoms with Crippen LogP contribution in [0.2, 0.25) is 0 Å². The summed E-state index contributed by atoms with van der Waals surface area (Å²) in [5.41, 5.74) is 0.551. The van der Waals surface area contributed by atoms with Gasteiger partial charge in [-0.3, -0.25) is 9.59 Å². The van der Waals surface area contributed by atoms with E-state index in [0.717, 1.165) is 0 Å². The van der Waals surface area contributed by atoms with Gasteiger partial charge in [0.25, 0.3) is 5.91 Å². The fraction of sp³-hybridized carbons (Fsp3) is 0.182. The van der Waals surface area contributed by atoms with Crippen molar-refractivity contribution < 1.29 is 26.8 Å². The second-order valence-corrected chi connectivity index (χ2v) is 8.74. The molecule has 2 N–H and O–H groups in total. The summed E-state index contributed by atoms with van der Waals surface area (Å²) in [4.78, 5) is 24.2. The third-order valence-corrected chi connectivity index (χ3v) is 5.96. The van der Waals surface area contributed by atoms with Crippen LogP contribution < -0.4 is 10.6 Å². The number of sulfone groups is 1.